The lowest BCUT2D eigenvalue weighted by Crippen LogP contribution is -2.26. The van der Waals surface area contributed by atoms with Gasteiger partial charge >= 0.3 is 5.69 Å². The first-order chi connectivity index (χ1) is 13.9. The molecule has 0 radical (unpaired) electrons. The van der Waals surface area contributed by atoms with E-state index < -0.39 is 10.0 Å². The highest BCUT2D eigenvalue weighted by Gasteiger charge is 2.14. The maximum atomic E-state index is 12.7. The summed E-state index contributed by atoms with van der Waals surface area (Å²) in [6, 6.07) is 13.4. The molecule has 0 fully saturated rings. The Kier molecular flexibility index (Phi) is 6.19. The van der Waals surface area contributed by atoms with Gasteiger partial charge in [-0.2, -0.15) is 0 Å². The van der Waals surface area contributed by atoms with Gasteiger partial charge in [0.25, 0.3) is 0 Å². The smallest absolute Gasteiger partial charge is 0.326 e. The molecule has 0 saturated heterocycles. The van der Waals surface area contributed by atoms with Crippen molar-refractivity contribution in [3.63, 3.8) is 0 Å². The predicted molar refractivity (Wildman–Crippen MR) is 112 cm³/mol. The summed E-state index contributed by atoms with van der Waals surface area (Å²) in [4.78, 5) is 25.2. The topological polar surface area (TPSA) is 102 Å². The molecule has 3 rings (SSSR count). The van der Waals surface area contributed by atoms with Crippen molar-refractivity contribution < 1.29 is 13.2 Å². The number of benzene rings is 2. The number of amides is 1. The zero-order valence-corrected chi connectivity index (χ0v) is 17.2. The minimum absolute atomic E-state index is 0.119. The number of nitrogens with one attached hydrogen (secondary N) is 2. The summed E-state index contributed by atoms with van der Waals surface area (Å²) in [5, 5.41) is 2.73. The second kappa shape index (κ2) is 8.62. The van der Waals surface area contributed by atoms with Crippen molar-refractivity contribution in [3.8, 4) is 0 Å². The van der Waals surface area contributed by atoms with E-state index in [0.29, 0.717) is 12.2 Å². The standard InChI is InChI=1S/C20H24N4O4S/c1-3-13-23-17-6-4-5-7-18(17)24(20(23)26)14-12-19(25)22-15-8-10-16(11-9-15)29(27,28)21-2/h4-11,21H,3,12-14H2,1-2H3,(H,22,25). The van der Waals surface area contributed by atoms with Crippen molar-refractivity contribution in [2.24, 2.45) is 0 Å². The number of hydrogen-bond acceptors (Lipinski definition) is 4. The molecule has 154 valence electrons. The van der Waals surface area contributed by atoms with E-state index in [0.717, 1.165) is 17.5 Å². The highest BCUT2D eigenvalue weighted by atomic mass is 32.2. The second-order valence-electron chi connectivity index (χ2n) is 6.60. The van der Waals surface area contributed by atoms with Gasteiger partial charge in [0, 0.05) is 25.2 Å². The largest absolute Gasteiger partial charge is 0.329 e. The van der Waals surface area contributed by atoms with E-state index >= 15 is 0 Å². The highest BCUT2D eigenvalue weighted by molar-refractivity contribution is 7.89. The maximum Gasteiger partial charge on any atom is 0.329 e. The summed E-state index contributed by atoms with van der Waals surface area (Å²) in [6.07, 6.45) is 0.963. The average Bonchev–Trinajstić information content (AvgIpc) is 2.98. The van der Waals surface area contributed by atoms with Crippen LogP contribution in [-0.2, 0) is 27.9 Å². The zero-order chi connectivity index (χ0) is 21.0. The van der Waals surface area contributed by atoms with Gasteiger partial charge in [-0.05, 0) is 49.9 Å². The molecule has 0 aliphatic carbocycles. The number of nitrogens with zero attached hydrogens (tertiary/aromatic N) is 2. The van der Waals surface area contributed by atoms with Crippen LogP contribution in [0.2, 0.25) is 0 Å². The van der Waals surface area contributed by atoms with Crippen LogP contribution in [0.25, 0.3) is 11.0 Å². The van der Waals surface area contributed by atoms with Crippen LogP contribution >= 0.6 is 0 Å². The molecule has 29 heavy (non-hydrogen) atoms. The fraction of sp³-hybridized carbons (Fsp3) is 0.300. The van der Waals surface area contributed by atoms with Crippen LogP contribution in [0.4, 0.5) is 5.69 Å². The molecule has 0 spiro atoms. The molecule has 1 heterocycles. The molecule has 2 N–H and O–H groups in total. The van der Waals surface area contributed by atoms with Crippen molar-refractivity contribution >= 4 is 32.7 Å². The summed E-state index contributed by atoms with van der Waals surface area (Å²) in [5.74, 6) is -0.256. The quantitative estimate of drug-likeness (QED) is 0.587. The fourth-order valence-electron chi connectivity index (χ4n) is 3.20. The predicted octanol–water partition coefficient (Wildman–Crippen LogP) is 2.15. The average molecular weight is 417 g/mol. The number of imidazole rings is 1. The number of carbonyl (C=O) groups excluding carboxylic acids is 1. The van der Waals surface area contributed by atoms with Gasteiger partial charge in [-0.15, -0.1) is 0 Å². The number of anilines is 1. The van der Waals surface area contributed by atoms with Crippen LogP contribution in [-0.4, -0.2) is 30.5 Å². The molecule has 0 aliphatic rings. The summed E-state index contributed by atoms with van der Waals surface area (Å²) < 4.78 is 29.1. The molecule has 1 amide bonds. The highest BCUT2D eigenvalue weighted by Crippen LogP contribution is 2.15. The van der Waals surface area contributed by atoms with E-state index in [4.69, 9.17) is 0 Å². The Labute approximate surface area is 169 Å². The van der Waals surface area contributed by atoms with Crippen molar-refractivity contribution in [3.05, 3.63) is 59.0 Å². The third-order valence-corrected chi connectivity index (χ3v) is 6.08. The number of carbonyl (C=O) groups is 1. The first kappa shape index (κ1) is 20.8. The number of aromatic nitrogens is 2. The van der Waals surface area contributed by atoms with Crippen molar-refractivity contribution in [1.82, 2.24) is 13.9 Å². The van der Waals surface area contributed by atoms with Crippen LogP contribution in [0, 0.1) is 0 Å². The molecule has 0 unspecified atom stereocenters. The van der Waals surface area contributed by atoms with Crippen LogP contribution in [0.1, 0.15) is 19.8 Å². The van der Waals surface area contributed by atoms with Crippen LogP contribution in [0.15, 0.2) is 58.2 Å². The number of para-hydroxylation sites is 2. The molecule has 0 aliphatic heterocycles. The minimum Gasteiger partial charge on any atom is -0.326 e. The van der Waals surface area contributed by atoms with E-state index in [1.165, 1.54) is 31.3 Å². The lowest BCUT2D eigenvalue weighted by molar-refractivity contribution is -0.116. The van der Waals surface area contributed by atoms with Gasteiger partial charge in [-0.25, -0.2) is 17.9 Å². The summed E-state index contributed by atoms with van der Waals surface area (Å²) >= 11 is 0. The van der Waals surface area contributed by atoms with E-state index in [9.17, 15) is 18.0 Å². The van der Waals surface area contributed by atoms with Crippen molar-refractivity contribution in [2.75, 3.05) is 12.4 Å². The van der Waals surface area contributed by atoms with Gasteiger partial charge in [0.05, 0.1) is 15.9 Å². The second-order valence-corrected chi connectivity index (χ2v) is 8.49. The molecule has 3 aromatic rings. The Morgan fingerprint density at radius 1 is 0.966 bits per heavy atom. The summed E-state index contributed by atoms with van der Waals surface area (Å²) in [7, 11) is -2.18. The van der Waals surface area contributed by atoms with E-state index in [1.54, 1.807) is 9.13 Å². The number of rotatable bonds is 8. The normalized spacial score (nSPS) is 11.7. The minimum atomic E-state index is -3.52. The lowest BCUT2D eigenvalue weighted by Gasteiger charge is -2.07. The first-order valence-electron chi connectivity index (χ1n) is 9.39. The lowest BCUT2D eigenvalue weighted by atomic mass is 10.3. The molecule has 9 heteroatoms. The molecular weight excluding hydrogens is 392 g/mol. The molecule has 2 aromatic carbocycles. The Morgan fingerprint density at radius 2 is 1.55 bits per heavy atom. The van der Waals surface area contributed by atoms with Crippen molar-refractivity contribution in [2.45, 2.75) is 37.8 Å². The van der Waals surface area contributed by atoms with Crippen LogP contribution < -0.4 is 15.7 Å². The molecule has 0 bridgehead atoms. The maximum absolute atomic E-state index is 12.7. The SMILES string of the molecule is CCCn1c(=O)n(CCC(=O)Nc2ccc(S(=O)(=O)NC)cc2)c2ccccc21. The van der Waals surface area contributed by atoms with Gasteiger partial charge in [0.1, 0.15) is 0 Å². The number of fused-ring (bicyclic) bond motifs is 1. The molecule has 0 atom stereocenters. The number of sulfonamides is 1. The summed E-state index contributed by atoms with van der Waals surface area (Å²) in [5.41, 5.74) is 2.04. The van der Waals surface area contributed by atoms with E-state index in [1.807, 2.05) is 31.2 Å². The van der Waals surface area contributed by atoms with E-state index in [2.05, 4.69) is 10.0 Å². The van der Waals surface area contributed by atoms with Gasteiger partial charge in [-0.1, -0.05) is 19.1 Å². The molecule has 8 nitrogen and oxygen atoms in total. The molecule has 0 saturated carbocycles. The first-order valence-corrected chi connectivity index (χ1v) is 10.9. The Bertz CT molecular complexity index is 1180. The van der Waals surface area contributed by atoms with Gasteiger partial charge in [-0.3, -0.25) is 13.9 Å². The third kappa shape index (κ3) is 4.41. The summed E-state index contributed by atoms with van der Waals surface area (Å²) in [6.45, 7) is 2.90. The molecule has 1 aromatic heterocycles. The number of aryl methyl sites for hydroxylation is 2. The Balaban J connectivity index is 1.72. The third-order valence-electron chi connectivity index (χ3n) is 4.65. The Hall–Kier alpha value is -2.91. The van der Waals surface area contributed by atoms with Crippen LogP contribution in [0.3, 0.4) is 0 Å². The van der Waals surface area contributed by atoms with Crippen molar-refractivity contribution in [1.29, 1.82) is 0 Å². The zero-order valence-electron chi connectivity index (χ0n) is 16.4. The van der Waals surface area contributed by atoms with Crippen LogP contribution in [0.5, 0.6) is 0 Å². The monoisotopic (exact) mass is 416 g/mol. The Morgan fingerprint density at radius 3 is 2.10 bits per heavy atom. The van der Waals surface area contributed by atoms with E-state index in [-0.39, 0.29) is 29.5 Å². The fourth-order valence-corrected chi connectivity index (χ4v) is 3.93. The number of hydrogen-bond donors (Lipinski definition) is 2. The van der Waals surface area contributed by atoms with Gasteiger partial charge in [0.2, 0.25) is 15.9 Å². The van der Waals surface area contributed by atoms with Gasteiger partial charge < -0.3 is 5.32 Å². The molecular formula is C20H24N4O4S. The van der Waals surface area contributed by atoms with Gasteiger partial charge in [0.15, 0.2) is 0 Å².